The Bertz CT molecular complexity index is 1660. The number of aromatic nitrogens is 4. The van der Waals surface area contributed by atoms with Gasteiger partial charge in [-0.1, -0.05) is 13.8 Å². The SMILES string of the molecule is C/C=C(F)\C(=C/C)Oc1cc(C)c(-n2ncc(C(=O)c3cc4cc(F)c(NSCC(=O)OC)cc4[nH]3)c2N)cn1.CC. The number of aryl methyl sites for hydroxylation is 1. The summed E-state index contributed by atoms with van der Waals surface area (Å²) < 4.78 is 42.7. The number of rotatable bonds is 10. The zero-order valence-corrected chi connectivity index (χ0v) is 24.9. The lowest BCUT2D eigenvalue weighted by Gasteiger charge is -2.11. The maximum Gasteiger partial charge on any atom is 0.317 e. The standard InChI is InChI=1S/C27H26F2N6O4S.C2H6/c1-5-17(28)23(6-2)39-24-7-14(3)22(12-31-24)35-27(30)16(11-32-35)26(37)21-9-15-8-18(29)20(10-19(15)33-21)34-40-13-25(36)38-4;1-2/h5-12,33-34H,13,30H2,1-4H3;1-2H3/b17-5+,23-6+;. The fourth-order valence-corrected chi connectivity index (χ4v) is 4.38. The van der Waals surface area contributed by atoms with E-state index in [0.717, 1.165) is 11.9 Å². The number of nitrogens with zero attached hydrogens (tertiary/aromatic N) is 3. The molecule has 0 bridgehead atoms. The van der Waals surface area contributed by atoms with Gasteiger partial charge in [-0.25, -0.2) is 18.4 Å². The number of nitrogens with two attached hydrogens (primary N) is 1. The van der Waals surface area contributed by atoms with E-state index in [1.165, 1.54) is 54.5 Å². The molecule has 4 N–H and O–H groups in total. The van der Waals surface area contributed by atoms with Crippen LogP contribution in [0.5, 0.6) is 5.88 Å². The summed E-state index contributed by atoms with van der Waals surface area (Å²) in [6.07, 6.45) is 5.57. The molecule has 13 heteroatoms. The zero-order valence-electron chi connectivity index (χ0n) is 24.0. The average molecular weight is 599 g/mol. The number of hydrogen-bond acceptors (Lipinski definition) is 9. The Morgan fingerprint density at radius 3 is 2.55 bits per heavy atom. The highest BCUT2D eigenvalue weighted by atomic mass is 32.2. The molecule has 3 heterocycles. The minimum atomic E-state index is -0.555. The third-order valence-electron chi connectivity index (χ3n) is 5.86. The van der Waals surface area contributed by atoms with E-state index in [0.29, 0.717) is 22.2 Å². The number of esters is 1. The van der Waals surface area contributed by atoms with Gasteiger partial charge in [0.25, 0.3) is 0 Å². The molecular formula is C29H32F2N6O4S. The molecule has 4 rings (SSSR count). The molecule has 0 fully saturated rings. The van der Waals surface area contributed by atoms with Crippen LogP contribution in [0.4, 0.5) is 20.3 Å². The number of ketones is 1. The van der Waals surface area contributed by atoms with Crippen molar-refractivity contribution in [1.82, 2.24) is 19.7 Å². The molecule has 0 saturated carbocycles. The number of fused-ring (bicyclic) bond motifs is 1. The number of halogens is 2. The number of benzene rings is 1. The maximum absolute atomic E-state index is 14.6. The number of carbonyl (C=O) groups excluding carboxylic acids is 2. The van der Waals surface area contributed by atoms with E-state index in [1.54, 1.807) is 26.8 Å². The largest absolute Gasteiger partial charge is 0.468 e. The second-order valence-corrected chi connectivity index (χ2v) is 9.24. The van der Waals surface area contributed by atoms with Crippen LogP contribution in [0.2, 0.25) is 0 Å². The predicted octanol–water partition coefficient (Wildman–Crippen LogP) is 6.42. The number of nitrogen functional groups attached to an aromatic ring is 1. The van der Waals surface area contributed by atoms with Crippen LogP contribution in [0.15, 0.2) is 60.4 Å². The number of pyridine rings is 1. The van der Waals surface area contributed by atoms with Crippen molar-refractivity contribution in [2.45, 2.75) is 34.6 Å². The van der Waals surface area contributed by atoms with E-state index in [-0.39, 0.29) is 40.2 Å². The summed E-state index contributed by atoms with van der Waals surface area (Å²) in [6, 6.07) is 5.89. The number of carbonyl (C=O) groups is 2. The van der Waals surface area contributed by atoms with Crippen LogP contribution in [0, 0.1) is 12.7 Å². The van der Waals surface area contributed by atoms with Crippen LogP contribution >= 0.6 is 11.9 Å². The molecule has 4 aromatic rings. The van der Waals surface area contributed by atoms with E-state index in [9.17, 15) is 18.4 Å². The molecule has 0 unspecified atom stereocenters. The summed E-state index contributed by atoms with van der Waals surface area (Å²) in [7, 11) is 1.27. The van der Waals surface area contributed by atoms with E-state index in [2.05, 4.69) is 24.5 Å². The van der Waals surface area contributed by atoms with Crippen LogP contribution in [0.3, 0.4) is 0 Å². The number of nitrogens with one attached hydrogen (secondary N) is 2. The topological polar surface area (TPSA) is 137 Å². The van der Waals surface area contributed by atoms with Gasteiger partial charge in [0.2, 0.25) is 11.7 Å². The van der Waals surface area contributed by atoms with Crippen molar-refractivity contribution in [3.63, 3.8) is 0 Å². The summed E-state index contributed by atoms with van der Waals surface area (Å²) in [5, 5.41) is 4.74. The molecule has 42 heavy (non-hydrogen) atoms. The molecule has 1 aromatic carbocycles. The van der Waals surface area contributed by atoms with Crippen molar-refractivity contribution in [2.24, 2.45) is 0 Å². The van der Waals surface area contributed by atoms with Gasteiger partial charge < -0.3 is 24.9 Å². The lowest BCUT2D eigenvalue weighted by molar-refractivity contribution is -0.137. The number of ether oxygens (including phenoxy) is 2. The van der Waals surface area contributed by atoms with Crippen molar-refractivity contribution >= 4 is 46.1 Å². The zero-order chi connectivity index (χ0) is 31.0. The molecule has 10 nitrogen and oxygen atoms in total. The van der Waals surface area contributed by atoms with E-state index >= 15 is 0 Å². The van der Waals surface area contributed by atoms with Crippen LogP contribution in [-0.2, 0) is 9.53 Å². The molecule has 0 aliphatic heterocycles. The Labute approximate surface area is 246 Å². The molecular weight excluding hydrogens is 566 g/mol. The fraction of sp³-hybridized carbons (Fsp3) is 0.241. The highest BCUT2D eigenvalue weighted by molar-refractivity contribution is 8.01. The summed E-state index contributed by atoms with van der Waals surface area (Å²) in [5.41, 5.74) is 8.42. The number of aromatic amines is 1. The van der Waals surface area contributed by atoms with Gasteiger partial charge in [0.15, 0.2) is 11.6 Å². The number of allylic oxidation sites excluding steroid dienone is 3. The van der Waals surface area contributed by atoms with Gasteiger partial charge in [0.1, 0.15) is 17.4 Å². The summed E-state index contributed by atoms with van der Waals surface area (Å²) in [4.78, 5) is 31.8. The molecule has 0 spiro atoms. The second kappa shape index (κ2) is 14.3. The predicted molar refractivity (Wildman–Crippen MR) is 161 cm³/mol. The van der Waals surface area contributed by atoms with E-state index < -0.39 is 23.4 Å². The highest BCUT2D eigenvalue weighted by Gasteiger charge is 2.21. The molecule has 0 amide bonds. The van der Waals surface area contributed by atoms with Gasteiger partial charge >= 0.3 is 5.97 Å². The van der Waals surface area contributed by atoms with Crippen molar-refractivity contribution in [3.8, 4) is 11.6 Å². The first-order chi connectivity index (χ1) is 20.2. The molecule has 0 atom stereocenters. The van der Waals surface area contributed by atoms with Gasteiger partial charge in [-0.15, -0.1) is 0 Å². The second-order valence-electron chi connectivity index (χ2n) is 8.45. The Kier molecular flexibility index (Phi) is 10.9. The minimum absolute atomic E-state index is 0.0119. The third-order valence-corrected chi connectivity index (χ3v) is 6.60. The van der Waals surface area contributed by atoms with Crippen LogP contribution in [0.1, 0.15) is 49.3 Å². The fourth-order valence-electron chi connectivity index (χ4n) is 3.76. The molecule has 3 aromatic heterocycles. The van der Waals surface area contributed by atoms with E-state index in [4.69, 9.17) is 10.5 Å². The number of hydrogen-bond donors (Lipinski definition) is 3. The van der Waals surface area contributed by atoms with Crippen LogP contribution in [-0.4, -0.2) is 44.4 Å². The Morgan fingerprint density at radius 1 is 1.17 bits per heavy atom. The van der Waals surface area contributed by atoms with Gasteiger partial charge in [-0.2, -0.15) is 5.10 Å². The van der Waals surface area contributed by atoms with Crippen molar-refractivity contribution in [3.05, 3.63) is 83.0 Å². The third kappa shape index (κ3) is 6.97. The van der Waals surface area contributed by atoms with Gasteiger partial charge in [-0.05, 0) is 68.6 Å². The van der Waals surface area contributed by atoms with Gasteiger partial charge in [0.05, 0.1) is 42.1 Å². The molecule has 222 valence electrons. The minimum Gasteiger partial charge on any atom is -0.468 e. The number of anilines is 2. The monoisotopic (exact) mass is 598 g/mol. The van der Waals surface area contributed by atoms with Crippen LogP contribution in [0.25, 0.3) is 16.6 Å². The molecule has 0 saturated heterocycles. The molecule has 0 radical (unpaired) electrons. The average Bonchev–Trinajstić information content (AvgIpc) is 3.59. The summed E-state index contributed by atoms with van der Waals surface area (Å²) in [5.74, 6) is -1.70. The highest BCUT2D eigenvalue weighted by Crippen LogP contribution is 2.29. The van der Waals surface area contributed by atoms with Crippen LogP contribution < -0.4 is 15.2 Å². The number of H-pyrrole nitrogens is 1. The lowest BCUT2D eigenvalue weighted by atomic mass is 10.1. The van der Waals surface area contributed by atoms with Crippen molar-refractivity contribution in [1.29, 1.82) is 0 Å². The lowest BCUT2D eigenvalue weighted by Crippen LogP contribution is -2.09. The Hall–Kier alpha value is -4.65. The molecule has 0 aliphatic carbocycles. The maximum atomic E-state index is 14.6. The Balaban J connectivity index is 0.00000237. The summed E-state index contributed by atoms with van der Waals surface area (Å²) in [6.45, 7) is 8.98. The van der Waals surface area contributed by atoms with Gasteiger partial charge in [0, 0.05) is 17.0 Å². The first kappa shape index (κ1) is 31.9. The number of methoxy groups -OCH3 is 1. The first-order valence-electron chi connectivity index (χ1n) is 12.9. The quantitative estimate of drug-likeness (QED) is 0.0620. The smallest absolute Gasteiger partial charge is 0.317 e. The van der Waals surface area contributed by atoms with Crippen molar-refractivity contribution < 1.29 is 27.8 Å². The summed E-state index contributed by atoms with van der Waals surface area (Å²) >= 11 is 0.975. The van der Waals surface area contributed by atoms with Gasteiger partial charge in [-0.3, -0.25) is 9.59 Å². The van der Waals surface area contributed by atoms with E-state index in [1.807, 2.05) is 13.8 Å². The first-order valence-corrected chi connectivity index (χ1v) is 13.9. The Morgan fingerprint density at radius 2 is 1.90 bits per heavy atom. The van der Waals surface area contributed by atoms with Crippen molar-refractivity contribution in [2.75, 3.05) is 23.3 Å². The normalized spacial score (nSPS) is 11.6. The molecule has 0 aliphatic rings.